The van der Waals surface area contributed by atoms with Crippen LogP contribution in [0.4, 0.5) is 11.6 Å². The van der Waals surface area contributed by atoms with E-state index in [4.69, 9.17) is 10.6 Å². The van der Waals surface area contributed by atoms with Crippen molar-refractivity contribution in [2.24, 2.45) is 5.84 Å². The van der Waals surface area contributed by atoms with E-state index in [2.05, 4.69) is 39.5 Å². The predicted molar refractivity (Wildman–Crippen MR) is 86.1 cm³/mol. The molecule has 1 rings (SSSR count). The van der Waals surface area contributed by atoms with E-state index in [1.54, 1.807) is 6.07 Å². The van der Waals surface area contributed by atoms with Gasteiger partial charge in [0.25, 0.3) is 0 Å². The number of nitrogens with zero attached hydrogens (tertiary/aromatic N) is 3. The maximum atomic E-state index is 5.44. The largest absolute Gasteiger partial charge is 0.374 e. The summed E-state index contributed by atoms with van der Waals surface area (Å²) in [6.07, 6.45) is 1.17. The van der Waals surface area contributed by atoms with Crippen LogP contribution in [0.1, 0.15) is 33.0 Å². The molecule has 0 spiro atoms. The van der Waals surface area contributed by atoms with E-state index in [1.165, 1.54) is 6.42 Å². The first kappa shape index (κ1) is 17.6. The predicted octanol–water partition coefficient (Wildman–Crippen LogP) is 1.44. The Bertz CT molecular complexity index is 401. The van der Waals surface area contributed by atoms with Gasteiger partial charge in [0.15, 0.2) is 5.82 Å². The van der Waals surface area contributed by atoms with Crippen molar-refractivity contribution < 1.29 is 4.74 Å². The third-order valence-electron chi connectivity index (χ3n) is 3.08. The average molecular weight is 296 g/mol. The number of nitrogens with one attached hydrogen (secondary N) is 2. The fourth-order valence-corrected chi connectivity index (χ4v) is 2.01. The van der Waals surface area contributed by atoms with E-state index in [0.29, 0.717) is 24.9 Å². The fraction of sp³-hybridized carbons (Fsp3) is 0.714. The van der Waals surface area contributed by atoms with Crippen LogP contribution in [0.3, 0.4) is 0 Å². The summed E-state index contributed by atoms with van der Waals surface area (Å²) >= 11 is 0. The summed E-state index contributed by atoms with van der Waals surface area (Å²) in [6, 6.07) is 1.80. The van der Waals surface area contributed by atoms with Crippen LogP contribution in [-0.4, -0.2) is 47.7 Å². The summed E-state index contributed by atoms with van der Waals surface area (Å²) in [6.45, 7) is 11.3. The molecule has 0 aliphatic heterocycles. The minimum Gasteiger partial charge on any atom is -0.374 e. The van der Waals surface area contributed by atoms with Gasteiger partial charge in [-0.25, -0.2) is 15.8 Å². The maximum Gasteiger partial charge on any atom is 0.158 e. The first-order chi connectivity index (χ1) is 10.2. The normalized spacial score (nSPS) is 10.9. The highest BCUT2D eigenvalue weighted by molar-refractivity contribution is 5.46. The monoisotopic (exact) mass is 296 g/mol. The van der Waals surface area contributed by atoms with Crippen LogP contribution < -0.4 is 16.6 Å². The lowest BCUT2D eigenvalue weighted by molar-refractivity contribution is 0.128. The molecule has 0 unspecified atom stereocenters. The van der Waals surface area contributed by atoms with Gasteiger partial charge in [-0.3, -0.25) is 0 Å². The SMILES string of the molecule is CCCN(CC)CCNc1cc(NN)nc(COCC)n1. The zero-order valence-electron chi connectivity index (χ0n) is 13.4. The van der Waals surface area contributed by atoms with Crippen LogP contribution in [0.15, 0.2) is 6.07 Å². The highest BCUT2D eigenvalue weighted by Crippen LogP contribution is 2.11. The Morgan fingerprint density at radius 2 is 1.95 bits per heavy atom. The topological polar surface area (TPSA) is 88.3 Å². The number of hydrogen-bond donors (Lipinski definition) is 3. The van der Waals surface area contributed by atoms with Gasteiger partial charge in [-0.05, 0) is 26.4 Å². The lowest BCUT2D eigenvalue weighted by atomic mass is 10.4. The number of nitrogens with two attached hydrogens (primary N) is 1. The Labute approximate surface area is 127 Å². The second-order valence-corrected chi connectivity index (χ2v) is 4.70. The molecule has 7 heteroatoms. The molecule has 7 nitrogen and oxygen atoms in total. The van der Waals surface area contributed by atoms with Crippen molar-refractivity contribution >= 4 is 11.6 Å². The summed E-state index contributed by atoms with van der Waals surface area (Å²) in [7, 11) is 0. The molecule has 0 saturated heterocycles. The van der Waals surface area contributed by atoms with Crippen LogP contribution in [0.5, 0.6) is 0 Å². The Morgan fingerprint density at radius 3 is 2.57 bits per heavy atom. The first-order valence-electron chi connectivity index (χ1n) is 7.61. The Hall–Kier alpha value is -1.44. The van der Waals surface area contributed by atoms with Crippen molar-refractivity contribution in [2.75, 3.05) is 43.5 Å². The zero-order valence-corrected chi connectivity index (χ0v) is 13.4. The summed E-state index contributed by atoms with van der Waals surface area (Å²) in [4.78, 5) is 11.1. The van der Waals surface area contributed by atoms with Crippen molar-refractivity contribution in [1.82, 2.24) is 14.9 Å². The van der Waals surface area contributed by atoms with Crippen LogP contribution >= 0.6 is 0 Å². The molecule has 0 saturated carbocycles. The number of aromatic nitrogens is 2. The van der Waals surface area contributed by atoms with E-state index in [0.717, 1.165) is 32.0 Å². The molecule has 0 aliphatic rings. The molecule has 4 N–H and O–H groups in total. The second kappa shape index (κ2) is 10.3. The minimum atomic E-state index is 0.387. The molecule has 0 amide bonds. The van der Waals surface area contributed by atoms with Crippen molar-refractivity contribution in [3.63, 3.8) is 0 Å². The van der Waals surface area contributed by atoms with Crippen LogP contribution in [0.2, 0.25) is 0 Å². The molecular formula is C14H28N6O. The van der Waals surface area contributed by atoms with E-state index < -0.39 is 0 Å². The number of anilines is 2. The van der Waals surface area contributed by atoms with Crippen LogP contribution in [-0.2, 0) is 11.3 Å². The van der Waals surface area contributed by atoms with Gasteiger partial charge in [0.1, 0.15) is 18.2 Å². The molecule has 1 aromatic rings. The first-order valence-corrected chi connectivity index (χ1v) is 7.61. The molecule has 0 fully saturated rings. The van der Waals surface area contributed by atoms with Crippen molar-refractivity contribution in [3.8, 4) is 0 Å². The van der Waals surface area contributed by atoms with Gasteiger partial charge in [0, 0.05) is 25.8 Å². The Balaban J connectivity index is 2.56. The molecule has 0 aromatic carbocycles. The number of hydrazine groups is 1. The van der Waals surface area contributed by atoms with Crippen LogP contribution in [0.25, 0.3) is 0 Å². The molecule has 1 heterocycles. The summed E-state index contributed by atoms with van der Waals surface area (Å²) < 4.78 is 5.34. The van der Waals surface area contributed by atoms with Crippen molar-refractivity contribution in [1.29, 1.82) is 0 Å². The van der Waals surface area contributed by atoms with Gasteiger partial charge in [0.2, 0.25) is 0 Å². The number of ether oxygens (including phenoxy) is 1. The summed E-state index contributed by atoms with van der Waals surface area (Å²) in [5, 5.41) is 3.32. The van der Waals surface area contributed by atoms with E-state index in [9.17, 15) is 0 Å². The van der Waals surface area contributed by atoms with Gasteiger partial charge in [0.05, 0.1) is 0 Å². The lowest BCUT2D eigenvalue weighted by Crippen LogP contribution is -2.29. The lowest BCUT2D eigenvalue weighted by Gasteiger charge is -2.19. The molecule has 0 aliphatic carbocycles. The molecular weight excluding hydrogens is 268 g/mol. The van der Waals surface area contributed by atoms with Gasteiger partial charge in [-0.1, -0.05) is 13.8 Å². The molecule has 1 aromatic heterocycles. The van der Waals surface area contributed by atoms with E-state index in [-0.39, 0.29) is 0 Å². The third kappa shape index (κ3) is 6.70. The maximum absolute atomic E-state index is 5.44. The molecule has 0 radical (unpaired) electrons. The minimum absolute atomic E-state index is 0.387. The van der Waals surface area contributed by atoms with Crippen molar-refractivity contribution in [3.05, 3.63) is 11.9 Å². The molecule has 0 atom stereocenters. The standard InChI is InChI=1S/C14H28N6O/c1-4-8-20(5-2)9-7-16-12-10-13(19-15)18-14(17-12)11-21-6-3/h10H,4-9,11,15H2,1-3H3,(H2,16,17,18,19). The number of hydrogen-bond acceptors (Lipinski definition) is 7. The van der Waals surface area contributed by atoms with Gasteiger partial charge in [-0.2, -0.15) is 0 Å². The molecule has 21 heavy (non-hydrogen) atoms. The highest BCUT2D eigenvalue weighted by Gasteiger charge is 2.05. The van der Waals surface area contributed by atoms with Gasteiger partial charge >= 0.3 is 0 Å². The third-order valence-corrected chi connectivity index (χ3v) is 3.08. The van der Waals surface area contributed by atoms with Gasteiger partial charge in [-0.15, -0.1) is 0 Å². The summed E-state index contributed by atoms with van der Waals surface area (Å²) in [5.74, 6) is 7.41. The molecule has 0 bridgehead atoms. The quantitative estimate of drug-likeness (QED) is 0.420. The second-order valence-electron chi connectivity index (χ2n) is 4.70. The molecule has 120 valence electrons. The number of nitrogen functional groups attached to an aromatic ring is 1. The van der Waals surface area contributed by atoms with E-state index >= 15 is 0 Å². The Kier molecular flexibility index (Phi) is 8.65. The van der Waals surface area contributed by atoms with Gasteiger partial charge < -0.3 is 20.4 Å². The summed E-state index contributed by atoms with van der Waals surface area (Å²) in [5.41, 5.74) is 2.56. The number of likely N-dealkylation sites (N-methyl/N-ethyl adjacent to an activating group) is 1. The van der Waals surface area contributed by atoms with Crippen molar-refractivity contribution in [2.45, 2.75) is 33.8 Å². The van der Waals surface area contributed by atoms with Crippen LogP contribution in [0, 0.1) is 0 Å². The zero-order chi connectivity index (χ0) is 15.5. The average Bonchev–Trinajstić information content (AvgIpc) is 2.51. The smallest absolute Gasteiger partial charge is 0.158 e. The van der Waals surface area contributed by atoms with E-state index in [1.807, 2.05) is 6.92 Å². The highest BCUT2D eigenvalue weighted by atomic mass is 16.5. The Morgan fingerprint density at radius 1 is 1.19 bits per heavy atom. The number of rotatable bonds is 11. The fourth-order valence-electron chi connectivity index (χ4n) is 2.01.